The standard InChI is InChI=1S/C20H29N3O2/c1-15(24)23-12-6-10-19(23)18-9-5-11-22(18)14-16-7-4-8-17(13-16)20(25)21(2)3/h4,7-8,13,18-19H,5-6,9-12,14H2,1-3H3/t18-,19-/m0/s1. The first kappa shape index (κ1) is 17.9. The summed E-state index contributed by atoms with van der Waals surface area (Å²) in [5, 5.41) is 0. The van der Waals surface area contributed by atoms with Gasteiger partial charge < -0.3 is 9.80 Å². The molecule has 2 saturated heterocycles. The van der Waals surface area contributed by atoms with Crippen LogP contribution >= 0.6 is 0 Å². The fourth-order valence-electron chi connectivity index (χ4n) is 4.36. The summed E-state index contributed by atoms with van der Waals surface area (Å²) in [4.78, 5) is 30.3. The molecule has 25 heavy (non-hydrogen) atoms. The molecule has 2 amide bonds. The second-order valence-electron chi connectivity index (χ2n) is 7.50. The van der Waals surface area contributed by atoms with E-state index in [9.17, 15) is 9.59 Å². The molecule has 1 aromatic carbocycles. The molecule has 0 bridgehead atoms. The molecule has 0 saturated carbocycles. The Morgan fingerprint density at radius 1 is 1.12 bits per heavy atom. The van der Waals surface area contributed by atoms with Crippen LogP contribution in [0.25, 0.3) is 0 Å². The Balaban J connectivity index is 1.73. The molecule has 0 spiro atoms. The number of nitrogens with zero attached hydrogens (tertiary/aromatic N) is 3. The summed E-state index contributed by atoms with van der Waals surface area (Å²) in [6.07, 6.45) is 4.56. The molecule has 0 aromatic heterocycles. The fraction of sp³-hybridized carbons (Fsp3) is 0.600. The average Bonchev–Trinajstić information content (AvgIpc) is 3.22. The number of hydrogen-bond donors (Lipinski definition) is 0. The Bertz CT molecular complexity index is 644. The average molecular weight is 343 g/mol. The minimum atomic E-state index is 0.0402. The molecule has 0 radical (unpaired) electrons. The first-order valence-corrected chi connectivity index (χ1v) is 9.29. The lowest BCUT2D eigenvalue weighted by Crippen LogP contribution is -2.47. The molecular weight excluding hydrogens is 314 g/mol. The van der Waals surface area contributed by atoms with Gasteiger partial charge in [-0.2, -0.15) is 0 Å². The highest BCUT2D eigenvalue weighted by Crippen LogP contribution is 2.31. The Labute approximate surface area is 150 Å². The van der Waals surface area contributed by atoms with Crippen LogP contribution in [-0.2, 0) is 11.3 Å². The van der Waals surface area contributed by atoms with E-state index in [2.05, 4.69) is 15.9 Å². The lowest BCUT2D eigenvalue weighted by Gasteiger charge is -2.34. The van der Waals surface area contributed by atoms with Crippen LogP contribution in [0.2, 0.25) is 0 Å². The van der Waals surface area contributed by atoms with Gasteiger partial charge in [-0.1, -0.05) is 12.1 Å². The molecule has 1 aromatic rings. The van der Waals surface area contributed by atoms with Gasteiger partial charge in [-0.05, 0) is 49.9 Å². The number of likely N-dealkylation sites (tertiary alicyclic amines) is 2. The van der Waals surface area contributed by atoms with Crippen LogP contribution in [0.3, 0.4) is 0 Å². The van der Waals surface area contributed by atoms with E-state index in [1.165, 1.54) is 12.0 Å². The van der Waals surface area contributed by atoms with Gasteiger partial charge in [-0.3, -0.25) is 14.5 Å². The molecule has 3 rings (SSSR count). The highest BCUT2D eigenvalue weighted by molar-refractivity contribution is 5.94. The Morgan fingerprint density at radius 2 is 1.84 bits per heavy atom. The minimum Gasteiger partial charge on any atom is -0.345 e. The van der Waals surface area contributed by atoms with Crippen LogP contribution in [0.4, 0.5) is 0 Å². The topological polar surface area (TPSA) is 43.9 Å². The van der Waals surface area contributed by atoms with E-state index in [0.29, 0.717) is 12.1 Å². The first-order valence-electron chi connectivity index (χ1n) is 9.29. The molecule has 2 aliphatic rings. The van der Waals surface area contributed by atoms with Gasteiger partial charge in [0.1, 0.15) is 0 Å². The third kappa shape index (κ3) is 3.87. The van der Waals surface area contributed by atoms with Crippen molar-refractivity contribution in [3.8, 4) is 0 Å². The van der Waals surface area contributed by atoms with Crippen LogP contribution < -0.4 is 0 Å². The molecule has 2 aliphatic heterocycles. The normalized spacial score (nSPS) is 23.9. The number of amides is 2. The molecule has 5 heteroatoms. The molecule has 2 atom stereocenters. The maximum Gasteiger partial charge on any atom is 0.253 e. The van der Waals surface area contributed by atoms with Gasteiger partial charge in [0.05, 0.1) is 0 Å². The summed E-state index contributed by atoms with van der Waals surface area (Å²) in [6, 6.07) is 8.75. The summed E-state index contributed by atoms with van der Waals surface area (Å²) in [7, 11) is 3.56. The summed E-state index contributed by atoms with van der Waals surface area (Å²) < 4.78 is 0. The monoisotopic (exact) mass is 343 g/mol. The molecule has 5 nitrogen and oxygen atoms in total. The third-order valence-corrected chi connectivity index (χ3v) is 5.53. The summed E-state index contributed by atoms with van der Waals surface area (Å²) in [5.74, 6) is 0.242. The summed E-state index contributed by atoms with van der Waals surface area (Å²) in [6.45, 7) is 4.51. The van der Waals surface area contributed by atoms with Crippen molar-refractivity contribution in [3.05, 3.63) is 35.4 Å². The Morgan fingerprint density at radius 3 is 2.56 bits per heavy atom. The smallest absolute Gasteiger partial charge is 0.253 e. The van der Waals surface area contributed by atoms with Crippen molar-refractivity contribution in [3.63, 3.8) is 0 Å². The molecule has 136 valence electrons. The van der Waals surface area contributed by atoms with E-state index in [-0.39, 0.29) is 11.8 Å². The second kappa shape index (κ2) is 7.56. The van der Waals surface area contributed by atoms with Crippen molar-refractivity contribution in [1.29, 1.82) is 0 Å². The lowest BCUT2D eigenvalue weighted by atomic mass is 10.0. The maximum absolute atomic E-state index is 12.2. The predicted molar refractivity (Wildman–Crippen MR) is 98.3 cm³/mol. The zero-order chi connectivity index (χ0) is 18.0. The van der Waals surface area contributed by atoms with Crippen LogP contribution in [0.15, 0.2) is 24.3 Å². The van der Waals surface area contributed by atoms with E-state index in [0.717, 1.165) is 44.5 Å². The van der Waals surface area contributed by atoms with E-state index in [1.807, 2.05) is 18.2 Å². The summed E-state index contributed by atoms with van der Waals surface area (Å²) in [5.41, 5.74) is 1.91. The SMILES string of the molecule is CC(=O)N1CCC[C@H]1[C@@H]1CCCN1Cc1cccc(C(=O)N(C)C)c1. The van der Waals surface area contributed by atoms with Crippen LogP contribution in [0.1, 0.15) is 48.5 Å². The Kier molecular flexibility index (Phi) is 5.42. The molecule has 2 fully saturated rings. The number of rotatable bonds is 4. The van der Waals surface area contributed by atoms with Crippen molar-refractivity contribution in [1.82, 2.24) is 14.7 Å². The van der Waals surface area contributed by atoms with E-state index in [1.54, 1.807) is 25.9 Å². The van der Waals surface area contributed by atoms with Gasteiger partial charge in [0.15, 0.2) is 0 Å². The van der Waals surface area contributed by atoms with Gasteiger partial charge in [-0.25, -0.2) is 0 Å². The maximum atomic E-state index is 12.2. The molecule has 0 N–H and O–H groups in total. The second-order valence-corrected chi connectivity index (χ2v) is 7.50. The zero-order valence-electron chi connectivity index (χ0n) is 15.6. The van der Waals surface area contributed by atoms with Crippen molar-refractivity contribution >= 4 is 11.8 Å². The first-order chi connectivity index (χ1) is 12.0. The van der Waals surface area contributed by atoms with Gasteiger partial charge >= 0.3 is 0 Å². The number of carbonyl (C=O) groups is 2. The van der Waals surface area contributed by atoms with Crippen molar-refractivity contribution < 1.29 is 9.59 Å². The van der Waals surface area contributed by atoms with E-state index >= 15 is 0 Å². The fourth-order valence-corrected chi connectivity index (χ4v) is 4.36. The lowest BCUT2D eigenvalue weighted by molar-refractivity contribution is -0.130. The minimum absolute atomic E-state index is 0.0402. The van der Waals surface area contributed by atoms with Crippen molar-refractivity contribution in [2.24, 2.45) is 0 Å². The number of benzene rings is 1. The molecule has 0 unspecified atom stereocenters. The highest BCUT2D eigenvalue weighted by Gasteiger charge is 2.38. The predicted octanol–water partition coefficient (Wildman–Crippen LogP) is 2.36. The third-order valence-electron chi connectivity index (χ3n) is 5.53. The molecule has 0 aliphatic carbocycles. The zero-order valence-corrected chi connectivity index (χ0v) is 15.6. The van der Waals surface area contributed by atoms with Crippen LogP contribution in [0.5, 0.6) is 0 Å². The molecular formula is C20H29N3O2. The number of carbonyl (C=O) groups excluding carboxylic acids is 2. The highest BCUT2D eigenvalue weighted by atomic mass is 16.2. The Hall–Kier alpha value is -1.88. The van der Waals surface area contributed by atoms with Gasteiger partial charge in [0.2, 0.25) is 5.91 Å². The quantitative estimate of drug-likeness (QED) is 0.843. The van der Waals surface area contributed by atoms with E-state index < -0.39 is 0 Å². The van der Waals surface area contributed by atoms with Crippen LogP contribution in [-0.4, -0.2) is 65.8 Å². The van der Waals surface area contributed by atoms with Gasteiger partial charge in [0, 0.05) is 51.8 Å². The number of hydrogen-bond acceptors (Lipinski definition) is 3. The van der Waals surface area contributed by atoms with Gasteiger partial charge in [-0.15, -0.1) is 0 Å². The van der Waals surface area contributed by atoms with Crippen LogP contribution in [0, 0.1) is 0 Å². The molecule has 2 heterocycles. The van der Waals surface area contributed by atoms with E-state index in [4.69, 9.17) is 0 Å². The largest absolute Gasteiger partial charge is 0.345 e. The van der Waals surface area contributed by atoms with Crippen molar-refractivity contribution in [2.45, 2.75) is 51.2 Å². The summed E-state index contributed by atoms with van der Waals surface area (Å²) >= 11 is 0. The van der Waals surface area contributed by atoms with Crippen molar-refractivity contribution in [2.75, 3.05) is 27.2 Å². The van der Waals surface area contributed by atoms with Gasteiger partial charge in [0.25, 0.3) is 5.91 Å².